The number of aliphatic hydroxyl groups excluding tert-OH is 1. The summed E-state index contributed by atoms with van der Waals surface area (Å²) in [4.78, 5) is 1.72. The third-order valence-electron chi connectivity index (χ3n) is 4.07. The van der Waals surface area contributed by atoms with Crippen LogP contribution in [0.4, 0.5) is 18.9 Å². The Balaban J connectivity index is 2.45. The summed E-state index contributed by atoms with van der Waals surface area (Å²) in [5, 5.41) is 9.04. The smallest absolute Gasteiger partial charge is 0.395 e. The number of halogens is 5. The molecule has 0 aliphatic rings. The highest BCUT2D eigenvalue weighted by Gasteiger charge is 2.34. The summed E-state index contributed by atoms with van der Waals surface area (Å²) in [5.74, 6) is 0. The molecule has 0 amide bonds. The minimum Gasteiger partial charge on any atom is -0.395 e. The van der Waals surface area contributed by atoms with Crippen molar-refractivity contribution < 1.29 is 18.3 Å². The van der Waals surface area contributed by atoms with E-state index in [1.165, 1.54) is 12.1 Å². The third-order valence-corrected chi connectivity index (χ3v) is 5.26. The minimum absolute atomic E-state index is 0.179. The maximum atomic E-state index is 13.1. The van der Waals surface area contributed by atoms with E-state index in [4.69, 9.17) is 11.6 Å². The van der Waals surface area contributed by atoms with Gasteiger partial charge < -0.3 is 10.0 Å². The molecule has 2 rings (SSSR count). The fourth-order valence-corrected chi connectivity index (χ4v) is 3.23. The van der Waals surface area contributed by atoms with Crippen LogP contribution in [0.1, 0.15) is 29.7 Å². The van der Waals surface area contributed by atoms with Crippen LogP contribution >= 0.6 is 27.5 Å². The van der Waals surface area contributed by atoms with Crippen LogP contribution in [0, 0.1) is 6.92 Å². The summed E-state index contributed by atoms with van der Waals surface area (Å²) in [5.41, 5.74) is 1.46. The van der Waals surface area contributed by atoms with Gasteiger partial charge in [-0.3, -0.25) is 0 Å². The number of aryl methyl sites for hydroxylation is 1. The van der Waals surface area contributed by atoms with Crippen molar-refractivity contribution in [3.63, 3.8) is 0 Å². The Hall–Kier alpha value is -1.24. The highest BCUT2D eigenvalue weighted by molar-refractivity contribution is 9.10. The summed E-state index contributed by atoms with van der Waals surface area (Å²) < 4.78 is 40.3. The first-order valence-corrected chi connectivity index (χ1v) is 8.82. The maximum absolute atomic E-state index is 13.1. The van der Waals surface area contributed by atoms with Gasteiger partial charge in [-0.1, -0.05) is 39.7 Å². The first-order chi connectivity index (χ1) is 11.6. The minimum atomic E-state index is -4.53. The number of benzene rings is 2. The van der Waals surface area contributed by atoms with Gasteiger partial charge in [0.05, 0.1) is 23.2 Å². The molecule has 7 heteroatoms. The summed E-state index contributed by atoms with van der Waals surface area (Å²) in [6.07, 6.45) is -4.53. The van der Waals surface area contributed by atoms with Crippen LogP contribution in [0.3, 0.4) is 0 Å². The number of hydrogen-bond donors (Lipinski definition) is 1. The molecule has 0 bridgehead atoms. The van der Waals surface area contributed by atoms with Crippen LogP contribution in [0.25, 0.3) is 0 Å². The van der Waals surface area contributed by atoms with E-state index in [9.17, 15) is 18.3 Å². The van der Waals surface area contributed by atoms with Crippen molar-refractivity contribution in [1.29, 1.82) is 0 Å². The van der Waals surface area contributed by atoms with E-state index in [1.54, 1.807) is 4.90 Å². The zero-order chi connectivity index (χ0) is 18.8. The van der Waals surface area contributed by atoms with Crippen LogP contribution in [-0.4, -0.2) is 18.3 Å². The van der Waals surface area contributed by atoms with Gasteiger partial charge >= 0.3 is 6.18 Å². The normalized spacial score (nSPS) is 13.0. The molecule has 0 heterocycles. The number of alkyl halides is 3. The monoisotopic (exact) mass is 435 g/mol. The van der Waals surface area contributed by atoms with E-state index in [1.807, 2.05) is 32.0 Å². The molecule has 0 aromatic heterocycles. The van der Waals surface area contributed by atoms with E-state index >= 15 is 0 Å². The van der Waals surface area contributed by atoms with Crippen molar-refractivity contribution in [2.45, 2.75) is 26.1 Å². The predicted molar refractivity (Wildman–Crippen MR) is 98.2 cm³/mol. The molecule has 136 valence electrons. The largest absolute Gasteiger partial charge is 0.417 e. The van der Waals surface area contributed by atoms with Crippen molar-refractivity contribution in [2.75, 3.05) is 18.1 Å². The molecule has 0 aliphatic heterocycles. The Morgan fingerprint density at radius 2 is 1.88 bits per heavy atom. The van der Waals surface area contributed by atoms with Crippen LogP contribution in [0.5, 0.6) is 0 Å². The molecule has 0 spiro atoms. The van der Waals surface area contributed by atoms with Gasteiger partial charge in [-0.2, -0.15) is 13.2 Å². The average molecular weight is 437 g/mol. The Morgan fingerprint density at radius 1 is 1.20 bits per heavy atom. The molecular weight excluding hydrogens is 419 g/mol. The fraction of sp³-hybridized carbons (Fsp3) is 0.333. The van der Waals surface area contributed by atoms with Crippen molar-refractivity contribution in [3.8, 4) is 0 Å². The molecule has 2 nitrogen and oxygen atoms in total. The molecular formula is C18H18BrClF3NO. The molecule has 25 heavy (non-hydrogen) atoms. The van der Waals surface area contributed by atoms with E-state index in [2.05, 4.69) is 15.9 Å². The van der Waals surface area contributed by atoms with Crippen molar-refractivity contribution in [3.05, 3.63) is 62.6 Å². The number of nitrogens with zero attached hydrogens (tertiary/aromatic N) is 1. The van der Waals surface area contributed by atoms with E-state index in [0.29, 0.717) is 5.69 Å². The van der Waals surface area contributed by atoms with E-state index in [-0.39, 0.29) is 24.2 Å². The predicted octanol–water partition coefficient (Wildman–Crippen LogP) is 5.99. The molecule has 0 saturated carbocycles. The summed E-state index contributed by atoms with van der Waals surface area (Å²) >= 11 is 9.18. The zero-order valence-corrected chi connectivity index (χ0v) is 16.1. The quantitative estimate of drug-likeness (QED) is 0.622. The van der Waals surface area contributed by atoms with E-state index < -0.39 is 11.7 Å². The lowest BCUT2D eigenvalue weighted by molar-refractivity contribution is -0.137. The highest BCUT2D eigenvalue weighted by Crippen LogP contribution is 2.38. The lowest BCUT2D eigenvalue weighted by Gasteiger charge is -2.32. The van der Waals surface area contributed by atoms with E-state index in [0.717, 1.165) is 21.7 Å². The van der Waals surface area contributed by atoms with Gasteiger partial charge in [-0.25, -0.2) is 0 Å². The lowest BCUT2D eigenvalue weighted by Crippen LogP contribution is -2.30. The van der Waals surface area contributed by atoms with Gasteiger partial charge in [0.1, 0.15) is 0 Å². The average Bonchev–Trinajstić information content (AvgIpc) is 2.54. The van der Waals surface area contributed by atoms with Gasteiger partial charge in [0, 0.05) is 16.7 Å². The van der Waals surface area contributed by atoms with Gasteiger partial charge in [0.2, 0.25) is 0 Å². The van der Waals surface area contributed by atoms with Crippen LogP contribution < -0.4 is 4.90 Å². The summed E-state index contributed by atoms with van der Waals surface area (Å²) in [7, 11) is 0. The number of anilines is 1. The number of aliphatic hydroxyl groups is 1. The van der Waals surface area contributed by atoms with Crippen molar-refractivity contribution in [1.82, 2.24) is 0 Å². The van der Waals surface area contributed by atoms with Crippen LogP contribution in [0.2, 0.25) is 5.02 Å². The van der Waals surface area contributed by atoms with Gasteiger partial charge in [-0.15, -0.1) is 0 Å². The second-order valence-electron chi connectivity index (χ2n) is 5.76. The second-order valence-corrected chi connectivity index (χ2v) is 7.03. The Labute approximate surface area is 158 Å². The standard InChI is InChI=1S/C18H18BrClF3NO/c1-11-3-4-13(9-16(11)19)12(2)24(7-8-25)14-5-6-17(20)15(10-14)18(21,22)23/h3-6,9-10,12,25H,7-8H2,1-2H3. The van der Waals surface area contributed by atoms with Crippen molar-refractivity contribution in [2.24, 2.45) is 0 Å². The SMILES string of the molecule is Cc1ccc(C(C)N(CCO)c2ccc(Cl)c(C(F)(F)F)c2)cc1Br. The molecule has 2 aromatic rings. The molecule has 0 fully saturated rings. The lowest BCUT2D eigenvalue weighted by atomic mass is 10.0. The summed E-state index contributed by atoms with van der Waals surface area (Å²) in [6, 6.07) is 9.37. The molecule has 1 atom stereocenters. The molecule has 2 aromatic carbocycles. The van der Waals surface area contributed by atoms with Crippen LogP contribution in [0.15, 0.2) is 40.9 Å². The topological polar surface area (TPSA) is 23.5 Å². The van der Waals surface area contributed by atoms with Gasteiger partial charge in [0.15, 0.2) is 0 Å². The first kappa shape index (κ1) is 20.1. The Bertz CT molecular complexity index is 752. The second kappa shape index (κ2) is 7.98. The Morgan fingerprint density at radius 3 is 2.44 bits per heavy atom. The molecule has 0 aliphatic carbocycles. The molecule has 1 N–H and O–H groups in total. The number of hydrogen-bond acceptors (Lipinski definition) is 2. The maximum Gasteiger partial charge on any atom is 0.417 e. The molecule has 0 saturated heterocycles. The highest BCUT2D eigenvalue weighted by atomic mass is 79.9. The fourth-order valence-electron chi connectivity index (χ4n) is 2.61. The Kier molecular flexibility index (Phi) is 6.40. The zero-order valence-electron chi connectivity index (χ0n) is 13.7. The van der Waals surface area contributed by atoms with Gasteiger partial charge in [-0.05, 0) is 49.2 Å². The molecule has 0 radical (unpaired) electrons. The third kappa shape index (κ3) is 4.68. The first-order valence-electron chi connectivity index (χ1n) is 7.65. The van der Waals surface area contributed by atoms with Gasteiger partial charge in [0.25, 0.3) is 0 Å². The molecule has 1 unspecified atom stereocenters. The summed E-state index contributed by atoms with van der Waals surface area (Å²) in [6.45, 7) is 3.86. The van der Waals surface area contributed by atoms with Crippen LogP contribution in [-0.2, 0) is 6.18 Å². The van der Waals surface area contributed by atoms with Crippen molar-refractivity contribution >= 4 is 33.2 Å². The number of rotatable bonds is 5.